The molecule has 1 amide bonds. The number of benzene rings is 1. The molecule has 1 rings (SSSR count). The van der Waals surface area contributed by atoms with Crippen LogP contribution in [0.1, 0.15) is 26.3 Å². The molecular weight excluding hydrogens is 266 g/mol. The van der Waals surface area contributed by atoms with Crippen molar-refractivity contribution in [2.24, 2.45) is 5.73 Å². The zero-order valence-electron chi connectivity index (χ0n) is 11.8. The number of anilines is 1. The molecule has 20 heavy (non-hydrogen) atoms. The van der Waals surface area contributed by atoms with E-state index < -0.39 is 24.2 Å². The highest BCUT2D eigenvalue weighted by Gasteiger charge is 2.17. The molecule has 0 aromatic heterocycles. The third kappa shape index (κ3) is 5.97. The summed E-state index contributed by atoms with van der Waals surface area (Å²) in [6, 6.07) is 5.36. The van der Waals surface area contributed by atoms with Crippen molar-refractivity contribution in [3.05, 3.63) is 29.8 Å². The Labute approximate surface area is 117 Å². The van der Waals surface area contributed by atoms with E-state index in [2.05, 4.69) is 5.32 Å². The molecule has 1 atom stereocenters. The molecule has 0 aliphatic carbocycles. The number of carbonyl (C=O) groups excluding carboxylic acids is 1. The number of amides is 1. The molecule has 0 aliphatic heterocycles. The summed E-state index contributed by atoms with van der Waals surface area (Å²) in [6.07, 6.45) is -3.02. The number of alkyl halides is 2. The number of halogens is 2. The Balaban J connectivity index is 2.57. The van der Waals surface area contributed by atoms with E-state index in [-0.39, 0.29) is 6.42 Å². The fraction of sp³-hybridized carbons (Fsp3) is 0.500. The second-order valence-corrected chi connectivity index (χ2v) is 5.53. The maximum atomic E-state index is 12.3. The first kappa shape index (κ1) is 16.4. The Morgan fingerprint density at radius 2 is 1.85 bits per heavy atom. The van der Waals surface area contributed by atoms with Crippen LogP contribution in [0.3, 0.4) is 0 Å². The molecule has 3 N–H and O–H groups in total. The summed E-state index contributed by atoms with van der Waals surface area (Å²) in [5, 5.41) is 2.56. The van der Waals surface area contributed by atoms with E-state index in [0.29, 0.717) is 11.3 Å². The lowest BCUT2D eigenvalue weighted by Gasteiger charge is -2.19. The van der Waals surface area contributed by atoms with Crippen LogP contribution in [0, 0.1) is 0 Å². The molecule has 112 valence electrons. The third-order valence-corrected chi connectivity index (χ3v) is 2.39. The van der Waals surface area contributed by atoms with Crippen LogP contribution in [-0.4, -0.2) is 24.2 Å². The molecule has 0 heterocycles. The van der Waals surface area contributed by atoms with Crippen molar-refractivity contribution in [2.45, 2.75) is 45.3 Å². The van der Waals surface area contributed by atoms with Crippen molar-refractivity contribution in [1.82, 2.24) is 0 Å². The second kappa shape index (κ2) is 6.65. The highest BCUT2D eigenvalue weighted by Crippen LogP contribution is 2.14. The van der Waals surface area contributed by atoms with Gasteiger partial charge in [0, 0.05) is 5.69 Å². The molecule has 1 aromatic carbocycles. The van der Waals surface area contributed by atoms with Gasteiger partial charge in [-0.2, -0.15) is 0 Å². The van der Waals surface area contributed by atoms with Crippen molar-refractivity contribution in [3.63, 3.8) is 0 Å². The maximum Gasteiger partial charge on any atom is 0.412 e. The predicted molar refractivity (Wildman–Crippen MR) is 74.0 cm³/mol. The van der Waals surface area contributed by atoms with E-state index in [0.717, 1.165) is 0 Å². The number of hydrogen-bond donors (Lipinski definition) is 2. The van der Waals surface area contributed by atoms with Crippen molar-refractivity contribution in [2.75, 3.05) is 5.32 Å². The number of rotatable bonds is 4. The van der Waals surface area contributed by atoms with E-state index >= 15 is 0 Å². The molecule has 0 aliphatic rings. The van der Waals surface area contributed by atoms with Crippen LogP contribution < -0.4 is 11.1 Å². The Morgan fingerprint density at radius 3 is 2.30 bits per heavy atom. The maximum absolute atomic E-state index is 12.3. The fourth-order valence-electron chi connectivity index (χ4n) is 1.51. The minimum absolute atomic E-state index is 0.0877. The molecule has 6 heteroatoms. The average Bonchev–Trinajstić information content (AvgIpc) is 2.28. The average molecular weight is 286 g/mol. The van der Waals surface area contributed by atoms with Crippen LogP contribution in [0.2, 0.25) is 0 Å². The van der Waals surface area contributed by atoms with Gasteiger partial charge in [-0.3, -0.25) is 5.32 Å². The van der Waals surface area contributed by atoms with Crippen molar-refractivity contribution in [1.29, 1.82) is 0 Å². The zero-order valence-corrected chi connectivity index (χ0v) is 11.8. The quantitative estimate of drug-likeness (QED) is 0.893. The zero-order chi connectivity index (χ0) is 15.3. The molecule has 0 bridgehead atoms. The normalized spacial score (nSPS) is 13.2. The van der Waals surface area contributed by atoms with Crippen molar-refractivity contribution in [3.8, 4) is 0 Å². The molecule has 0 fully saturated rings. The van der Waals surface area contributed by atoms with Crippen molar-refractivity contribution < 1.29 is 18.3 Å². The number of ether oxygens (including phenoxy) is 1. The summed E-state index contributed by atoms with van der Waals surface area (Å²) in [5.74, 6) is 0. The van der Waals surface area contributed by atoms with Gasteiger partial charge in [-0.15, -0.1) is 0 Å². The van der Waals surface area contributed by atoms with Gasteiger partial charge in [0.05, 0.1) is 6.04 Å². The van der Waals surface area contributed by atoms with Crippen LogP contribution >= 0.6 is 0 Å². The molecule has 0 saturated carbocycles. The molecule has 1 aromatic rings. The first-order valence-corrected chi connectivity index (χ1v) is 6.30. The monoisotopic (exact) mass is 286 g/mol. The van der Waals surface area contributed by atoms with E-state index in [1.807, 2.05) is 0 Å². The number of nitrogens with one attached hydrogen (secondary N) is 1. The highest BCUT2D eigenvalue weighted by atomic mass is 19.3. The highest BCUT2D eigenvalue weighted by molar-refractivity contribution is 5.84. The van der Waals surface area contributed by atoms with Gasteiger partial charge in [0.1, 0.15) is 5.60 Å². The molecule has 4 nitrogen and oxygen atoms in total. The van der Waals surface area contributed by atoms with Crippen LogP contribution in [0.25, 0.3) is 0 Å². The molecule has 0 radical (unpaired) electrons. The van der Waals surface area contributed by atoms with Crippen LogP contribution in [0.4, 0.5) is 19.3 Å². The standard InChI is InChI=1S/C14H20F2N2O2/c1-14(2,3)20-13(19)18-10-6-4-9(5-7-10)8-11(17)12(15)16/h4-7,11-12H,8,17H2,1-3H3,(H,18,19). The topological polar surface area (TPSA) is 64.3 Å². The fourth-order valence-corrected chi connectivity index (χ4v) is 1.51. The minimum atomic E-state index is -2.55. The van der Waals surface area contributed by atoms with Gasteiger partial charge < -0.3 is 10.5 Å². The lowest BCUT2D eigenvalue weighted by atomic mass is 10.1. The van der Waals surface area contributed by atoms with E-state index in [1.165, 1.54) is 0 Å². The van der Waals surface area contributed by atoms with E-state index in [4.69, 9.17) is 10.5 Å². The lowest BCUT2D eigenvalue weighted by molar-refractivity contribution is 0.0636. The lowest BCUT2D eigenvalue weighted by Crippen LogP contribution is -2.30. The van der Waals surface area contributed by atoms with E-state index in [9.17, 15) is 13.6 Å². The third-order valence-electron chi connectivity index (χ3n) is 2.39. The minimum Gasteiger partial charge on any atom is -0.444 e. The van der Waals surface area contributed by atoms with Gasteiger partial charge in [0.2, 0.25) is 0 Å². The second-order valence-electron chi connectivity index (χ2n) is 5.53. The molecule has 0 spiro atoms. The first-order chi connectivity index (χ1) is 9.17. The molecular formula is C14H20F2N2O2. The summed E-state index contributed by atoms with van der Waals surface area (Å²) in [6.45, 7) is 5.30. The summed E-state index contributed by atoms with van der Waals surface area (Å²) in [5.41, 5.74) is 5.94. The van der Waals surface area contributed by atoms with Crippen molar-refractivity contribution >= 4 is 11.8 Å². The Bertz CT molecular complexity index is 441. The van der Waals surface area contributed by atoms with Gasteiger partial charge in [0.25, 0.3) is 6.43 Å². The molecule has 0 saturated heterocycles. The SMILES string of the molecule is CC(C)(C)OC(=O)Nc1ccc(CC(N)C(F)F)cc1. The van der Waals surface area contributed by atoms with Gasteiger partial charge in [-0.05, 0) is 44.9 Å². The summed E-state index contributed by atoms with van der Waals surface area (Å²) >= 11 is 0. The van der Waals surface area contributed by atoms with Crippen LogP contribution in [0.5, 0.6) is 0 Å². The number of carbonyl (C=O) groups is 1. The van der Waals surface area contributed by atoms with Gasteiger partial charge in [-0.25, -0.2) is 13.6 Å². The number of nitrogens with two attached hydrogens (primary N) is 1. The van der Waals surface area contributed by atoms with Gasteiger partial charge in [0.15, 0.2) is 0 Å². The van der Waals surface area contributed by atoms with Crippen LogP contribution in [-0.2, 0) is 11.2 Å². The first-order valence-electron chi connectivity index (χ1n) is 6.30. The van der Waals surface area contributed by atoms with Gasteiger partial charge >= 0.3 is 6.09 Å². The number of hydrogen-bond acceptors (Lipinski definition) is 3. The Morgan fingerprint density at radius 1 is 1.30 bits per heavy atom. The summed E-state index contributed by atoms with van der Waals surface area (Å²) in [7, 11) is 0. The van der Waals surface area contributed by atoms with Crippen LogP contribution in [0.15, 0.2) is 24.3 Å². The van der Waals surface area contributed by atoms with Gasteiger partial charge in [-0.1, -0.05) is 12.1 Å². The summed E-state index contributed by atoms with van der Waals surface area (Å²) in [4.78, 5) is 11.5. The smallest absolute Gasteiger partial charge is 0.412 e. The Hall–Kier alpha value is -1.69. The summed E-state index contributed by atoms with van der Waals surface area (Å²) < 4.78 is 29.7. The van der Waals surface area contributed by atoms with E-state index in [1.54, 1.807) is 45.0 Å². The molecule has 1 unspecified atom stereocenters. The largest absolute Gasteiger partial charge is 0.444 e. The Kier molecular flexibility index (Phi) is 5.44. The predicted octanol–water partition coefficient (Wildman–Crippen LogP) is 3.17.